The Morgan fingerprint density at radius 2 is 2.00 bits per heavy atom. The van der Waals surface area contributed by atoms with E-state index in [1.807, 2.05) is 31.2 Å². The van der Waals surface area contributed by atoms with Crippen LogP contribution in [0, 0.1) is 6.92 Å². The van der Waals surface area contributed by atoms with Gasteiger partial charge in [0.05, 0.1) is 11.5 Å². The maximum Gasteiger partial charge on any atom is 0.321 e. The van der Waals surface area contributed by atoms with Gasteiger partial charge in [0.2, 0.25) is 5.82 Å². The standard InChI is InChI=1S/C15H18N6O4S/c1-10-2-4-11(5-3-10)14-18-20-21(19-14)8-13(22)17-15(23)16-12-6-7-26(24,25)9-12/h2-5,12H,6-9H2,1H3,(H2,16,17,22,23). The van der Waals surface area contributed by atoms with Crippen LogP contribution in [0.25, 0.3) is 11.4 Å². The van der Waals surface area contributed by atoms with E-state index < -0.39 is 27.8 Å². The molecule has 1 saturated heterocycles. The molecular weight excluding hydrogens is 360 g/mol. The maximum absolute atomic E-state index is 11.9. The molecule has 0 aliphatic carbocycles. The Hall–Kier alpha value is -2.82. The number of nitrogens with zero attached hydrogens (tertiary/aromatic N) is 4. The van der Waals surface area contributed by atoms with Crippen LogP contribution < -0.4 is 10.6 Å². The molecule has 3 amide bonds. The fourth-order valence-electron chi connectivity index (χ4n) is 2.55. The van der Waals surface area contributed by atoms with Crippen LogP contribution in [0.4, 0.5) is 4.79 Å². The summed E-state index contributed by atoms with van der Waals surface area (Å²) in [6.07, 6.45) is 0.342. The fraction of sp³-hybridized carbons (Fsp3) is 0.400. The van der Waals surface area contributed by atoms with E-state index in [0.717, 1.165) is 15.9 Å². The molecule has 1 fully saturated rings. The van der Waals surface area contributed by atoms with E-state index in [4.69, 9.17) is 0 Å². The first-order valence-corrected chi connectivity index (χ1v) is 9.78. The number of carbonyl (C=O) groups is 2. The van der Waals surface area contributed by atoms with Crippen LogP contribution in [-0.4, -0.2) is 58.1 Å². The van der Waals surface area contributed by atoms with Crippen LogP contribution in [0.15, 0.2) is 24.3 Å². The molecule has 0 bridgehead atoms. The van der Waals surface area contributed by atoms with Crippen molar-refractivity contribution in [3.8, 4) is 11.4 Å². The molecule has 3 rings (SSSR count). The lowest BCUT2D eigenvalue weighted by Crippen LogP contribution is -2.46. The maximum atomic E-state index is 11.9. The highest BCUT2D eigenvalue weighted by atomic mass is 32.2. The number of urea groups is 1. The molecule has 2 N–H and O–H groups in total. The lowest BCUT2D eigenvalue weighted by molar-refractivity contribution is -0.121. The summed E-state index contributed by atoms with van der Waals surface area (Å²) >= 11 is 0. The van der Waals surface area contributed by atoms with Gasteiger partial charge in [-0.3, -0.25) is 10.1 Å². The summed E-state index contributed by atoms with van der Waals surface area (Å²) in [6.45, 7) is 1.68. The monoisotopic (exact) mass is 378 g/mol. The van der Waals surface area contributed by atoms with Gasteiger partial charge in [-0.2, -0.15) is 4.80 Å². The molecule has 0 saturated carbocycles. The predicted octanol–water partition coefficient (Wildman–Crippen LogP) is -0.339. The van der Waals surface area contributed by atoms with E-state index in [1.54, 1.807) is 0 Å². The predicted molar refractivity (Wildman–Crippen MR) is 91.7 cm³/mol. The number of imide groups is 1. The number of amides is 3. The van der Waals surface area contributed by atoms with Gasteiger partial charge in [-0.15, -0.1) is 10.2 Å². The molecule has 11 heteroatoms. The SMILES string of the molecule is Cc1ccc(-c2nnn(CC(=O)NC(=O)NC3CCS(=O)(=O)C3)n2)cc1. The second-order valence-corrected chi connectivity index (χ2v) is 8.36. The summed E-state index contributed by atoms with van der Waals surface area (Å²) in [6, 6.07) is 6.30. The molecule has 138 valence electrons. The lowest BCUT2D eigenvalue weighted by atomic mass is 10.1. The number of hydrogen-bond acceptors (Lipinski definition) is 7. The number of hydrogen-bond donors (Lipinski definition) is 2. The molecule has 10 nitrogen and oxygen atoms in total. The highest BCUT2D eigenvalue weighted by Gasteiger charge is 2.29. The number of benzene rings is 1. The summed E-state index contributed by atoms with van der Waals surface area (Å²) in [5, 5.41) is 16.4. The zero-order chi connectivity index (χ0) is 18.7. The molecule has 1 unspecified atom stereocenters. The number of rotatable bonds is 4. The van der Waals surface area contributed by atoms with Crippen LogP contribution in [0.1, 0.15) is 12.0 Å². The summed E-state index contributed by atoms with van der Waals surface area (Å²) in [5.41, 5.74) is 1.86. The van der Waals surface area contributed by atoms with E-state index >= 15 is 0 Å². The molecule has 2 aromatic rings. The van der Waals surface area contributed by atoms with Crippen molar-refractivity contribution in [2.75, 3.05) is 11.5 Å². The summed E-state index contributed by atoms with van der Waals surface area (Å²) < 4.78 is 22.7. The normalized spacial score (nSPS) is 18.4. The van der Waals surface area contributed by atoms with Crippen molar-refractivity contribution < 1.29 is 18.0 Å². The number of aromatic nitrogens is 4. The van der Waals surface area contributed by atoms with Crippen molar-refractivity contribution in [2.45, 2.75) is 25.9 Å². The number of sulfone groups is 1. The minimum Gasteiger partial charge on any atom is -0.334 e. The van der Waals surface area contributed by atoms with Gasteiger partial charge >= 0.3 is 6.03 Å². The summed E-state index contributed by atoms with van der Waals surface area (Å²) in [4.78, 5) is 24.7. The molecule has 26 heavy (non-hydrogen) atoms. The van der Waals surface area contributed by atoms with Crippen LogP contribution in [0.5, 0.6) is 0 Å². The first kappa shape index (κ1) is 18.0. The Bertz CT molecular complexity index is 922. The Labute approximate surface area is 149 Å². The third-order valence-electron chi connectivity index (χ3n) is 3.87. The van der Waals surface area contributed by atoms with Gasteiger partial charge in [-0.25, -0.2) is 13.2 Å². The molecule has 0 spiro atoms. The van der Waals surface area contributed by atoms with E-state index in [2.05, 4.69) is 26.0 Å². The molecule has 0 radical (unpaired) electrons. The molecule has 1 atom stereocenters. The zero-order valence-electron chi connectivity index (χ0n) is 14.0. The second-order valence-electron chi connectivity index (χ2n) is 6.13. The number of carbonyl (C=O) groups excluding carboxylic acids is 2. The highest BCUT2D eigenvalue weighted by molar-refractivity contribution is 7.91. The van der Waals surface area contributed by atoms with Crippen molar-refractivity contribution in [3.63, 3.8) is 0 Å². The Balaban J connectivity index is 1.52. The fourth-order valence-corrected chi connectivity index (χ4v) is 4.23. The smallest absolute Gasteiger partial charge is 0.321 e. The third-order valence-corrected chi connectivity index (χ3v) is 5.64. The number of aryl methyl sites for hydroxylation is 1. The molecule has 1 aromatic carbocycles. The van der Waals surface area contributed by atoms with Gasteiger partial charge in [0, 0.05) is 11.6 Å². The molecule has 1 aliphatic heterocycles. The Morgan fingerprint density at radius 3 is 2.65 bits per heavy atom. The van der Waals surface area contributed by atoms with Gasteiger partial charge in [0.25, 0.3) is 5.91 Å². The van der Waals surface area contributed by atoms with Crippen LogP contribution >= 0.6 is 0 Å². The van der Waals surface area contributed by atoms with E-state index in [-0.39, 0.29) is 18.1 Å². The van der Waals surface area contributed by atoms with Gasteiger partial charge in [0.1, 0.15) is 6.54 Å². The van der Waals surface area contributed by atoms with Crippen molar-refractivity contribution in [1.29, 1.82) is 0 Å². The van der Waals surface area contributed by atoms with Crippen molar-refractivity contribution in [1.82, 2.24) is 30.8 Å². The van der Waals surface area contributed by atoms with Crippen LogP contribution in [0.3, 0.4) is 0 Å². The summed E-state index contributed by atoms with van der Waals surface area (Å²) in [7, 11) is -3.10. The molecular formula is C15H18N6O4S. The van der Waals surface area contributed by atoms with Crippen LogP contribution in [-0.2, 0) is 21.2 Å². The third kappa shape index (κ3) is 4.63. The average molecular weight is 378 g/mol. The molecule has 1 aromatic heterocycles. The van der Waals surface area contributed by atoms with Gasteiger partial charge in [0.15, 0.2) is 9.84 Å². The number of nitrogens with one attached hydrogen (secondary N) is 2. The van der Waals surface area contributed by atoms with Gasteiger partial charge < -0.3 is 5.32 Å². The zero-order valence-corrected chi connectivity index (χ0v) is 14.9. The van der Waals surface area contributed by atoms with Gasteiger partial charge in [-0.05, 0) is 18.6 Å². The van der Waals surface area contributed by atoms with Crippen molar-refractivity contribution in [2.24, 2.45) is 0 Å². The number of tetrazole rings is 1. The Morgan fingerprint density at radius 1 is 1.27 bits per heavy atom. The second kappa shape index (κ2) is 7.20. The first-order chi connectivity index (χ1) is 12.3. The highest BCUT2D eigenvalue weighted by Crippen LogP contribution is 2.14. The average Bonchev–Trinajstić information content (AvgIpc) is 3.14. The minimum absolute atomic E-state index is 0.0383. The quantitative estimate of drug-likeness (QED) is 0.743. The van der Waals surface area contributed by atoms with Crippen molar-refractivity contribution in [3.05, 3.63) is 29.8 Å². The molecule has 2 heterocycles. The largest absolute Gasteiger partial charge is 0.334 e. The van der Waals surface area contributed by atoms with Crippen LogP contribution in [0.2, 0.25) is 0 Å². The van der Waals surface area contributed by atoms with E-state index in [9.17, 15) is 18.0 Å². The minimum atomic E-state index is -3.10. The topological polar surface area (TPSA) is 136 Å². The lowest BCUT2D eigenvalue weighted by Gasteiger charge is -2.10. The summed E-state index contributed by atoms with van der Waals surface area (Å²) in [5.74, 6) is -0.329. The Kier molecular flexibility index (Phi) is 4.98. The molecule has 1 aliphatic rings. The van der Waals surface area contributed by atoms with Gasteiger partial charge in [-0.1, -0.05) is 29.8 Å². The van der Waals surface area contributed by atoms with E-state index in [1.165, 1.54) is 0 Å². The first-order valence-electron chi connectivity index (χ1n) is 7.96. The van der Waals surface area contributed by atoms with Crippen molar-refractivity contribution >= 4 is 21.8 Å². The van der Waals surface area contributed by atoms with E-state index in [0.29, 0.717) is 12.2 Å².